The van der Waals surface area contributed by atoms with E-state index in [0.29, 0.717) is 6.61 Å². The fourth-order valence-electron chi connectivity index (χ4n) is 1.35. The smallest absolute Gasteiger partial charge is 0.156 e. The Labute approximate surface area is 59.6 Å². The van der Waals surface area contributed by atoms with Crippen molar-refractivity contribution in [1.29, 1.82) is 0 Å². The number of hydrogen-bond donors (Lipinski definition) is 0. The largest absolute Gasteiger partial charge is 0.492 e. The fraction of sp³-hybridized carbons (Fsp3) is 0.714. The van der Waals surface area contributed by atoms with Gasteiger partial charge < -0.3 is 14.2 Å². The molecular formula is C7H10O3. The van der Waals surface area contributed by atoms with Gasteiger partial charge in [-0.05, 0) is 6.08 Å². The van der Waals surface area contributed by atoms with Crippen molar-refractivity contribution in [3.8, 4) is 0 Å². The summed E-state index contributed by atoms with van der Waals surface area (Å²) >= 11 is 0. The third kappa shape index (κ3) is 0.744. The van der Waals surface area contributed by atoms with Crippen molar-refractivity contribution in [2.24, 2.45) is 0 Å². The molecule has 3 unspecified atom stereocenters. The minimum absolute atomic E-state index is 0.102. The minimum atomic E-state index is 0.102. The Morgan fingerprint density at radius 1 is 1.60 bits per heavy atom. The van der Waals surface area contributed by atoms with Crippen molar-refractivity contribution in [2.75, 3.05) is 13.7 Å². The molecule has 0 N–H and O–H groups in total. The highest BCUT2D eigenvalue weighted by Crippen LogP contribution is 2.25. The van der Waals surface area contributed by atoms with E-state index >= 15 is 0 Å². The molecule has 56 valence electrons. The van der Waals surface area contributed by atoms with Crippen LogP contribution in [0.4, 0.5) is 0 Å². The molecule has 10 heavy (non-hydrogen) atoms. The molecule has 2 aliphatic rings. The standard InChI is InChI=1S/C7H10O3/c1-8-6-4-10-5-2-3-9-7(5)6/h2-3,5-7H,4H2,1H3. The summed E-state index contributed by atoms with van der Waals surface area (Å²) in [5.74, 6) is 0. The van der Waals surface area contributed by atoms with Crippen LogP contribution in [0, 0.1) is 0 Å². The summed E-state index contributed by atoms with van der Waals surface area (Å²) in [6, 6.07) is 0. The highest BCUT2D eigenvalue weighted by molar-refractivity contribution is 5.03. The van der Waals surface area contributed by atoms with Gasteiger partial charge in [-0.3, -0.25) is 0 Å². The lowest BCUT2D eigenvalue weighted by Crippen LogP contribution is -2.28. The van der Waals surface area contributed by atoms with Crippen molar-refractivity contribution in [2.45, 2.75) is 18.3 Å². The number of hydrogen-bond acceptors (Lipinski definition) is 3. The van der Waals surface area contributed by atoms with Gasteiger partial charge in [-0.25, -0.2) is 0 Å². The van der Waals surface area contributed by atoms with E-state index in [1.165, 1.54) is 0 Å². The Kier molecular flexibility index (Phi) is 1.39. The maximum Gasteiger partial charge on any atom is 0.156 e. The van der Waals surface area contributed by atoms with Crippen molar-refractivity contribution < 1.29 is 14.2 Å². The third-order valence-electron chi connectivity index (χ3n) is 1.95. The van der Waals surface area contributed by atoms with E-state index in [-0.39, 0.29) is 18.3 Å². The summed E-state index contributed by atoms with van der Waals surface area (Å²) in [4.78, 5) is 0. The van der Waals surface area contributed by atoms with Crippen LogP contribution in [0.5, 0.6) is 0 Å². The molecule has 0 aromatic heterocycles. The molecule has 0 saturated carbocycles. The second-order valence-corrected chi connectivity index (χ2v) is 2.50. The maximum atomic E-state index is 5.34. The highest BCUT2D eigenvalue weighted by atomic mass is 16.6. The normalized spacial score (nSPS) is 43.5. The topological polar surface area (TPSA) is 27.7 Å². The average Bonchev–Trinajstić information content (AvgIpc) is 2.44. The average molecular weight is 142 g/mol. The number of rotatable bonds is 1. The van der Waals surface area contributed by atoms with Crippen molar-refractivity contribution in [3.63, 3.8) is 0 Å². The summed E-state index contributed by atoms with van der Waals surface area (Å²) in [5.41, 5.74) is 0. The van der Waals surface area contributed by atoms with Gasteiger partial charge in [-0.2, -0.15) is 0 Å². The van der Waals surface area contributed by atoms with Gasteiger partial charge in [-0.1, -0.05) is 0 Å². The first-order valence-electron chi connectivity index (χ1n) is 3.38. The summed E-state index contributed by atoms with van der Waals surface area (Å²) in [6.07, 6.45) is 3.94. The van der Waals surface area contributed by atoms with Gasteiger partial charge in [-0.15, -0.1) is 0 Å². The van der Waals surface area contributed by atoms with E-state index < -0.39 is 0 Å². The lowest BCUT2D eigenvalue weighted by atomic mass is 10.2. The van der Waals surface area contributed by atoms with Crippen LogP contribution in [0.25, 0.3) is 0 Å². The summed E-state index contributed by atoms with van der Waals surface area (Å²) in [6.45, 7) is 0.649. The van der Waals surface area contributed by atoms with Crippen LogP contribution in [-0.2, 0) is 14.2 Å². The lowest BCUT2D eigenvalue weighted by molar-refractivity contribution is 0.0150. The SMILES string of the molecule is COC1COC2C=COC21. The van der Waals surface area contributed by atoms with Crippen LogP contribution in [0.3, 0.4) is 0 Å². The summed E-state index contributed by atoms with van der Waals surface area (Å²) < 4.78 is 15.7. The zero-order valence-corrected chi connectivity index (χ0v) is 5.82. The van der Waals surface area contributed by atoms with E-state index in [0.717, 1.165) is 0 Å². The fourth-order valence-corrected chi connectivity index (χ4v) is 1.35. The molecule has 2 rings (SSSR count). The molecule has 0 spiro atoms. The highest BCUT2D eigenvalue weighted by Gasteiger charge is 2.39. The zero-order valence-electron chi connectivity index (χ0n) is 5.82. The molecule has 0 aromatic carbocycles. The van der Waals surface area contributed by atoms with Crippen LogP contribution in [0.15, 0.2) is 12.3 Å². The second kappa shape index (κ2) is 2.25. The van der Waals surface area contributed by atoms with Crippen molar-refractivity contribution in [3.05, 3.63) is 12.3 Å². The first-order chi connectivity index (χ1) is 4.92. The van der Waals surface area contributed by atoms with Crippen molar-refractivity contribution in [1.82, 2.24) is 0 Å². The maximum absolute atomic E-state index is 5.34. The molecule has 1 saturated heterocycles. The Morgan fingerprint density at radius 3 is 3.30 bits per heavy atom. The Hall–Kier alpha value is -0.540. The van der Waals surface area contributed by atoms with Crippen molar-refractivity contribution >= 4 is 0 Å². The van der Waals surface area contributed by atoms with Crippen LogP contribution in [0.2, 0.25) is 0 Å². The minimum Gasteiger partial charge on any atom is -0.492 e. The molecule has 0 bridgehead atoms. The van der Waals surface area contributed by atoms with Gasteiger partial charge in [0.15, 0.2) is 6.10 Å². The van der Waals surface area contributed by atoms with Crippen LogP contribution < -0.4 is 0 Å². The van der Waals surface area contributed by atoms with E-state index in [9.17, 15) is 0 Å². The summed E-state index contributed by atoms with van der Waals surface area (Å²) in [7, 11) is 1.68. The molecule has 1 fully saturated rings. The van der Waals surface area contributed by atoms with Gasteiger partial charge >= 0.3 is 0 Å². The number of ether oxygens (including phenoxy) is 3. The molecule has 0 aromatic rings. The predicted molar refractivity (Wildman–Crippen MR) is 34.5 cm³/mol. The molecule has 2 heterocycles. The van der Waals surface area contributed by atoms with Gasteiger partial charge in [0, 0.05) is 7.11 Å². The molecule has 0 radical (unpaired) electrons. The zero-order chi connectivity index (χ0) is 6.97. The molecule has 2 aliphatic heterocycles. The molecule has 3 atom stereocenters. The first-order valence-corrected chi connectivity index (χ1v) is 3.38. The molecule has 3 nitrogen and oxygen atoms in total. The quantitative estimate of drug-likeness (QED) is 0.527. The number of methoxy groups -OCH3 is 1. The summed E-state index contributed by atoms with van der Waals surface area (Å²) in [5, 5.41) is 0. The first kappa shape index (κ1) is 6.19. The van der Waals surface area contributed by atoms with E-state index in [4.69, 9.17) is 14.2 Å². The van der Waals surface area contributed by atoms with Gasteiger partial charge in [0.05, 0.1) is 12.9 Å². The van der Waals surface area contributed by atoms with Gasteiger partial charge in [0.1, 0.15) is 12.2 Å². The molecule has 0 aliphatic carbocycles. The number of fused-ring (bicyclic) bond motifs is 1. The van der Waals surface area contributed by atoms with Crippen LogP contribution in [0.1, 0.15) is 0 Å². The third-order valence-corrected chi connectivity index (χ3v) is 1.95. The second-order valence-electron chi connectivity index (χ2n) is 2.50. The predicted octanol–water partition coefficient (Wildman–Crippen LogP) is 0.313. The van der Waals surface area contributed by atoms with Gasteiger partial charge in [0.25, 0.3) is 0 Å². The van der Waals surface area contributed by atoms with Crippen LogP contribution >= 0.6 is 0 Å². The monoisotopic (exact) mass is 142 g/mol. The van der Waals surface area contributed by atoms with E-state index in [1.54, 1.807) is 13.4 Å². The Balaban J connectivity index is 2.05. The molecule has 3 heteroatoms. The van der Waals surface area contributed by atoms with E-state index in [2.05, 4.69) is 0 Å². The Morgan fingerprint density at radius 2 is 2.50 bits per heavy atom. The van der Waals surface area contributed by atoms with E-state index in [1.807, 2.05) is 6.08 Å². The Bertz CT molecular complexity index is 155. The molecular weight excluding hydrogens is 132 g/mol. The molecule has 0 amide bonds. The van der Waals surface area contributed by atoms with Crippen LogP contribution in [-0.4, -0.2) is 32.0 Å². The van der Waals surface area contributed by atoms with Gasteiger partial charge in [0.2, 0.25) is 0 Å². The lowest BCUT2D eigenvalue weighted by Gasteiger charge is -2.13.